The van der Waals surface area contributed by atoms with Gasteiger partial charge in [0.25, 0.3) is 5.91 Å². The monoisotopic (exact) mass is 410 g/mol. The quantitative estimate of drug-likeness (QED) is 0.709. The van der Waals surface area contributed by atoms with Crippen molar-refractivity contribution in [2.45, 2.75) is 12.8 Å². The number of piperidine rings is 1. The molecule has 1 saturated heterocycles. The van der Waals surface area contributed by atoms with Gasteiger partial charge in [-0.1, -0.05) is 24.3 Å². The summed E-state index contributed by atoms with van der Waals surface area (Å²) < 4.78 is 21.2. The second-order valence-electron chi connectivity index (χ2n) is 6.96. The molecule has 29 heavy (non-hydrogen) atoms. The number of carbonyl (C=O) groups is 2. The minimum Gasteiger partial charge on any atom is -0.336 e. The van der Waals surface area contributed by atoms with Crippen molar-refractivity contribution in [2.75, 3.05) is 18.4 Å². The summed E-state index contributed by atoms with van der Waals surface area (Å²) in [6.45, 7) is 0.978. The lowest BCUT2D eigenvalue weighted by molar-refractivity contribution is -0.121. The molecule has 8 heteroatoms. The molecule has 0 saturated carbocycles. The summed E-state index contributed by atoms with van der Waals surface area (Å²) >= 11 is 0.993. The molecule has 0 radical (unpaired) electrons. The molecule has 0 bridgehead atoms. The van der Waals surface area contributed by atoms with Crippen molar-refractivity contribution in [3.8, 4) is 11.1 Å². The maximum Gasteiger partial charge on any atom is 0.275 e. The predicted octanol–water partition coefficient (Wildman–Crippen LogP) is 3.84. The average molecular weight is 410 g/mol. The fraction of sp³-hybridized carbons (Fsp3) is 0.238. The molecule has 6 nitrogen and oxygen atoms in total. The summed E-state index contributed by atoms with van der Waals surface area (Å²) in [5.74, 6) is -0.861. The Bertz CT molecular complexity index is 1010. The van der Waals surface area contributed by atoms with E-state index in [2.05, 4.69) is 14.1 Å². The van der Waals surface area contributed by atoms with Gasteiger partial charge in [0.2, 0.25) is 5.91 Å². The van der Waals surface area contributed by atoms with Crippen LogP contribution in [0.3, 0.4) is 0 Å². The standard InChI is InChI=1S/C21H19FN4O2S/c22-17-5-1-3-15(11-17)14-6-8-18(9-7-14)24-20(27)16-4-2-10-26(13-16)21(28)19-12-23-29-25-19/h1,3,5-9,11-12,16H,2,4,10,13H2,(H,24,27)/t16-/m0/s1. The van der Waals surface area contributed by atoms with Crippen LogP contribution in [0.4, 0.5) is 10.1 Å². The molecule has 1 aromatic heterocycles. The molecule has 0 unspecified atom stereocenters. The fourth-order valence-corrected chi connectivity index (χ4v) is 3.86. The Morgan fingerprint density at radius 2 is 1.97 bits per heavy atom. The Balaban J connectivity index is 1.39. The number of rotatable bonds is 4. The number of aromatic nitrogens is 2. The summed E-state index contributed by atoms with van der Waals surface area (Å²) in [6.07, 6.45) is 2.95. The second-order valence-corrected chi connectivity index (χ2v) is 7.52. The van der Waals surface area contributed by atoms with Gasteiger partial charge in [0.15, 0.2) is 5.69 Å². The Hall–Kier alpha value is -3.13. The SMILES string of the molecule is O=C(Nc1ccc(-c2cccc(F)c2)cc1)[C@H]1CCCN(C(=O)c2cnsn2)C1. The summed E-state index contributed by atoms with van der Waals surface area (Å²) in [6, 6.07) is 13.7. The largest absolute Gasteiger partial charge is 0.336 e. The third kappa shape index (κ3) is 4.48. The first-order valence-corrected chi connectivity index (χ1v) is 10.1. The van der Waals surface area contributed by atoms with Crippen LogP contribution in [0.1, 0.15) is 23.3 Å². The molecule has 1 aliphatic rings. The van der Waals surface area contributed by atoms with Crippen LogP contribution < -0.4 is 5.32 Å². The molecule has 3 aromatic rings. The van der Waals surface area contributed by atoms with E-state index in [4.69, 9.17) is 0 Å². The number of nitrogens with one attached hydrogen (secondary N) is 1. The maximum atomic E-state index is 13.4. The van der Waals surface area contributed by atoms with Gasteiger partial charge >= 0.3 is 0 Å². The Morgan fingerprint density at radius 3 is 2.69 bits per heavy atom. The van der Waals surface area contributed by atoms with Crippen molar-refractivity contribution in [1.82, 2.24) is 13.6 Å². The predicted molar refractivity (Wildman–Crippen MR) is 109 cm³/mol. The Kier molecular flexibility index (Phi) is 5.62. The van der Waals surface area contributed by atoms with Crippen molar-refractivity contribution in [1.29, 1.82) is 0 Å². The van der Waals surface area contributed by atoms with Crippen LogP contribution >= 0.6 is 11.7 Å². The molecule has 2 aromatic carbocycles. The molecule has 1 aliphatic heterocycles. The first-order chi connectivity index (χ1) is 14.1. The van der Waals surface area contributed by atoms with Gasteiger partial charge in [0.05, 0.1) is 23.8 Å². The van der Waals surface area contributed by atoms with Gasteiger partial charge in [-0.3, -0.25) is 9.59 Å². The smallest absolute Gasteiger partial charge is 0.275 e. The van der Waals surface area contributed by atoms with E-state index < -0.39 is 0 Å². The third-order valence-electron chi connectivity index (χ3n) is 4.97. The lowest BCUT2D eigenvalue weighted by Gasteiger charge is -2.31. The van der Waals surface area contributed by atoms with Crippen LogP contribution in [0.2, 0.25) is 0 Å². The summed E-state index contributed by atoms with van der Waals surface area (Å²) in [4.78, 5) is 26.8. The van der Waals surface area contributed by atoms with Crippen molar-refractivity contribution < 1.29 is 14.0 Å². The normalized spacial score (nSPS) is 16.4. The van der Waals surface area contributed by atoms with Crippen molar-refractivity contribution in [2.24, 2.45) is 5.92 Å². The highest BCUT2D eigenvalue weighted by Gasteiger charge is 2.29. The Labute approximate surface area is 171 Å². The van der Waals surface area contributed by atoms with Crippen LogP contribution in [-0.2, 0) is 4.79 Å². The van der Waals surface area contributed by atoms with E-state index in [-0.39, 0.29) is 23.5 Å². The zero-order valence-electron chi connectivity index (χ0n) is 15.5. The summed E-state index contributed by atoms with van der Waals surface area (Å²) in [5, 5.41) is 2.92. The molecule has 0 spiro atoms. The number of amides is 2. The van der Waals surface area contributed by atoms with Crippen molar-refractivity contribution in [3.63, 3.8) is 0 Å². The molecule has 148 valence electrons. The van der Waals surface area contributed by atoms with E-state index in [1.165, 1.54) is 18.3 Å². The maximum absolute atomic E-state index is 13.4. The van der Waals surface area contributed by atoms with Crippen LogP contribution in [0, 0.1) is 11.7 Å². The molecule has 1 N–H and O–H groups in total. The second kappa shape index (κ2) is 8.48. The minimum atomic E-state index is -0.287. The van der Waals surface area contributed by atoms with Gasteiger partial charge in [0, 0.05) is 18.8 Å². The summed E-state index contributed by atoms with van der Waals surface area (Å²) in [7, 11) is 0. The first-order valence-electron chi connectivity index (χ1n) is 9.34. The molecular formula is C21H19FN4O2S. The number of hydrogen-bond acceptors (Lipinski definition) is 5. The van der Waals surface area contributed by atoms with Gasteiger partial charge < -0.3 is 10.2 Å². The average Bonchev–Trinajstić information content (AvgIpc) is 3.29. The third-order valence-corrected chi connectivity index (χ3v) is 5.45. The zero-order chi connectivity index (χ0) is 20.2. The number of benzene rings is 2. The lowest BCUT2D eigenvalue weighted by Crippen LogP contribution is -2.43. The van der Waals surface area contributed by atoms with E-state index >= 15 is 0 Å². The van der Waals surface area contributed by atoms with Gasteiger partial charge in [-0.15, -0.1) is 0 Å². The van der Waals surface area contributed by atoms with E-state index in [1.54, 1.807) is 23.1 Å². The number of hydrogen-bond donors (Lipinski definition) is 1. The zero-order valence-corrected chi connectivity index (χ0v) is 16.4. The number of likely N-dealkylation sites (tertiary alicyclic amines) is 1. The molecule has 2 amide bonds. The van der Waals surface area contributed by atoms with E-state index in [0.717, 1.165) is 35.7 Å². The van der Waals surface area contributed by atoms with Crippen LogP contribution in [0.5, 0.6) is 0 Å². The topological polar surface area (TPSA) is 75.2 Å². The van der Waals surface area contributed by atoms with E-state index in [0.29, 0.717) is 24.5 Å². The number of carbonyl (C=O) groups excluding carboxylic acids is 2. The molecule has 4 rings (SSSR count). The number of anilines is 1. The van der Waals surface area contributed by atoms with Gasteiger partial charge in [-0.05, 0) is 48.2 Å². The highest BCUT2D eigenvalue weighted by molar-refractivity contribution is 6.99. The molecule has 1 fully saturated rings. The van der Waals surface area contributed by atoms with Gasteiger partial charge in [0.1, 0.15) is 5.82 Å². The van der Waals surface area contributed by atoms with Crippen LogP contribution in [0.15, 0.2) is 54.7 Å². The molecule has 1 atom stereocenters. The Morgan fingerprint density at radius 1 is 1.14 bits per heavy atom. The molecule has 2 heterocycles. The van der Waals surface area contributed by atoms with Crippen LogP contribution in [0.25, 0.3) is 11.1 Å². The minimum absolute atomic E-state index is 0.114. The number of nitrogens with zero attached hydrogens (tertiary/aromatic N) is 3. The molecule has 0 aliphatic carbocycles. The van der Waals surface area contributed by atoms with Gasteiger partial charge in [-0.2, -0.15) is 8.75 Å². The van der Waals surface area contributed by atoms with E-state index in [1.807, 2.05) is 18.2 Å². The highest BCUT2D eigenvalue weighted by Crippen LogP contribution is 2.24. The fourth-order valence-electron chi connectivity index (χ4n) is 3.45. The van der Waals surface area contributed by atoms with E-state index in [9.17, 15) is 14.0 Å². The summed E-state index contributed by atoms with van der Waals surface area (Å²) in [5.41, 5.74) is 2.64. The van der Waals surface area contributed by atoms with Gasteiger partial charge in [-0.25, -0.2) is 4.39 Å². The molecular weight excluding hydrogens is 391 g/mol. The van der Waals surface area contributed by atoms with Crippen LogP contribution in [-0.4, -0.2) is 38.6 Å². The highest BCUT2D eigenvalue weighted by atomic mass is 32.1. The first kappa shape index (κ1) is 19.2. The lowest BCUT2D eigenvalue weighted by atomic mass is 9.96. The van der Waals surface area contributed by atoms with Crippen molar-refractivity contribution >= 4 is 29.2 Å². The number of halogens is 1. The van der Waals surface area contributed by atoms with Crippen molar-refractivity contribution in [3.05, 3.63) is 66.2 Å².